The van der Waals surface area contributed by atoms with E-state index in [2.05, 4.69) is 12.1 Å². The van der Waals surface area contributed by atoms with Crippen LogP contribution in [0.1, 0.15) is 11.0 Å². The van der Waals surface area contributed by atoms with Crippen molar-refractivity contribution >= 4 is 53.3 Å². The molecule has 0 aliphatic carbocycles. The minimum Gasteiger partial charge on any atom is -0.309 e. The van der Waals surface area contributed by atoms with E-state index < -0.39 is 36.3 Å². The Morgan fingerprint density at radius 1 is 0.440 bits per heavy atom. The van der Waals surface area contributed by atoms with Crippen LogP contribution in [0.4, 0.5) is 0 Å². The molecule has 0 saturated carbocycles. The third kappa shape index (κ3) is 4.79. The van der Waals surface area contributed by atoms with Crippen LogP contribution in [0.5, 0.6) is 0 Å². The van der Waals surface area contributed by atoms with Gasteiger partial charge in [-0.1, -0.05) is 133 Å². The van der Waals surface area contributed by atoms with Crippen molar-refractivity contribution in [2.75, 3.05) is 0 Å². The summed E-state index contributed by atoms with van der Waals surface area (Å²) in [6.45, 7) is 0. The van der Waals surface area contributed by atoms with Gasteiger partial charge in [-0.15, -0.1) is 11.3 Å². The Bertz CT molecular complexity index is 3260. The predicted molar refractivity (Wildman–Crippen MR) is 209 cm³/mol. The lowest BCUT2D eigenvalue weighted by Crippen LogP contribution is -2.00. The smallest absolute Gasteiger partial charge is 0.164 e. The van der Waals surface area contributed by atoms with Gasteiger partial charge in [0, 0.05) is 53.3 Å². The van der Waals surface area contributed by atoms with Crippen LogP contribution in [-0.4, -0.2) is 19.5 Å². The first-order valence-electron chi connectivity index (χ1n) is 20.1. The molecule has 10 rings (SSSR count). The molecule has 0 N–H and O–H groups in total. The van der Waals surface area contributed by atoms with Crippen molar-refractivity contribution in [1.29, 1.82) is 0 Å². The maximum Gasteiger partial charge on any atom is 0.164 e. The van der Waals surface area contributed by atoms with Crippen LogP contribution in [0.2, 0.25) is 0 Å². The fourth-order valence-corrected chi connectivity index (χ4v) is 7.63. The van der Waals surface area contributed by atoms with Crippen LogP contribution in [-0.2, 0) is 0 Å². The molecule has 0 radical (unpaired) electrons. The van der Waals surface area contributed by atoms with Crippen molar-refractivity contribution in [2.45, 2.75) is 0 Å². The Labute approximate surface area is 303 Å². The molecule has 0 amide bonds. The first-order valence-corrected chi connectivity index (χ1v) is 16.9. The molecule has 5 heteroatoms. The summed E-state index contributed by atoms with van der Waals surface area (Å²) in [4.78, 5) is 14.3. The van der Waals surface area contributed by atoms with Crippen molar-refractivity contribution in [1.82, 2.24) is 19.5 Å². The number of fused-ring (bicyclic) bond motifs is 6. The van der Waals surface area contributed by atoms with Gasteiger partial charge in [0.1, 0.15) is 0 Å². The van der Waals surface area contributed by atoms with Crippen LogP contribution in [0, 0.1) is 0 Å². The SMILES string of the molecule is [2H]c1c([2H])c(-c2c([2H])c([2H])c(-c3nc(-c4ccccc4)nc(-c4ccc5c(c4)sc4ccccc45)n3)c([2H])c2[2H])c([2H])c(-n2c3ccccc3c3ccccc32)c1[2H]. The molecule has 0 aliphatic heterocycles. The van der Waals surface area contributed by atoms with Crippen LogP contribution < -0.4 is 0 Å². The summed E-state index contributed by atoms with van der Waals surface area (Å²) < 4.78 is 77.6. The van der Waals surface area contributed by atoms with Crippen LogP contribution in [0.15, 0.2) is 170 Å². The molecule has 234 valence electrons. The number of nitrogens with zero attached hydrogens (tertiary/aromatic N) is 4. The Balaban J connectivity index is 1.19. The van der Waals surface area contributed by atoms with Gasteiger partial charge in [-0.25, -0.2) is 15.0 Å². The molecule has 7 aromatic carbocycles. The molecule has 0 aliphatic rings. The molecular weight excluding hydrogens is 629 g/mol. The standard InChI is InChI=1S/C45H28N4S/c1-2-11-30(12-3-1)43-46-44(48-45(47-43)33-25-26-38-37-17-6-9-20-41(37)50-42(38)28-33)31-23-21-29(22-24-31)32-13-10-14-34(27-32)49-39-18-7-4-15-35(39)36-16-5-8-19-40(36)49/h1-28H/i10D,13D,14D,21D,22D,23D,24D,27D. The Morgan fingerprint density at radius 2 is 1.02 bits per heavy atom. The monoisotopic (exact) mass is 664 g/mol. The van der Waals surface area contributed by atoms with Gasteiger partial charge in [-0.2, -0.15) is 0 Å². The van der Waals surface area contributed by atoms with Crippen molar-refractivity contribution in [3.63, 3.8) is 0 Å². The molecule has 0 saturated heterocycles. The van der Waals surface area contributed by atoms with Crippen molar-refractivity contribution < 1.29 is 11.0 Å². The van der Waals surface area contributed by atoms with Gasteiger partial charge in [0.05, 0.1) is 22.0 Å². The van der Waals surface area contributed by atoms with E-state index in [0.717, 1.165) is 30.9 Å². The summed E-state index contributed by atoms with van der Waals surface area (Å²) in [5, 5.41) is 3.96. The molecule has 4 nitrogen and oxygen atoms in total. The van der Waals surface area contributed by atoms with E-state index in [-0.39, 0.29) is 51.9 Å². The van der Waals surface area contributed by atoms with Gasteiger partial charge >= 0.3 is 0 Å². The molecule has 10 aromatic rings. The minimum absolute atomic E-state index is 0.000412. The number of aromatic nitrogens is 4. The highest BCUT2D eigenvalue weighted by Crippen LogP contribution is 2.37. The lowest BCUT2D eigenvalue weighted by atomic mass is 10.0. The summed E-state index contributed by atoms with van der Waals surface area (Å²) in [5.74, 6) is 0.488. The largest absolute Gasteiger partial charge is 0.309 e. The number of thiophene rings is 1. The summed E-state index contributed by atoms with van der Waals surface area (Å²) in [6, 6.07) is 34.6. The van der Waals surface area contributed by atoms with Gasteiger partial charge in [-0.05, 0) is 47.5 Å². The Hall–Kier alpha value is -6.43. The molecule has 0 bridgehead atoms. The van der Waals surface area contributed by atoms with Gasteiger partial charge in [-0.3, -0.25) is 0 Å². The summed E-state index contributed by atoms with van der Waals surface area (Å²) in [6.07, 6.45) is 0. The Kier molecular flexibility index (Phi) is 5.00. The fourth-order valence-electron chi connectivity index (χ4n) is 6.48. The first kappa shape index (κ1) is 21.5. The second-order valence-electron chi connectivity index (χ2n) is 11.8. The molecule has 3 heterocycles. The third-order valence-corrected chi connectivity index (χ3v) is 9.95. The number of hydrogen-bond acceptors (Lipinski definition) is 4. The number of hydrogen-bond donors (Lipinski definition) is 0. The zero-order valence-electron chi connectivity index (χ0n) is 34.2. The fraction of sp³-hybridized carbons (Fsp3) is 0. The highest BCUT2D eigenvalue weighted by atomic mass is 32.1. The molecule has 0 atom stereocenters. The second-order valence-corrected chi connectivity index (χ2v) is 12.9. The minimum atomic E-state index is -0.543. The molecule has 50 heavy (non-hydrogen) atoms. The zero-order chi connectivity index (χ0) is 40.0. The van der Waals surface area contributed by atoms with Crippen molar-refractivity contribution in [3.8, 4) is 51.0 Å². The molecule has 0 unspecified atom stereocenters. The van der Waals surface area contributed by atoms with Crippen molar-refractivity contribution in [3.05, 3.63) is 170 Å². The molecule has 0 spiro atoms. The Morgan fingerprint density at radius 3 is 1.76 bits per heavy atom. The normalized spacial score (nSPS) is 13.8. The van der Waals surface area contributed by atoms with Crippen LogP contribution in [0.25, 0.3) is 93.0 Å². The average Bonchev–Trinajstić information content (AvgIpc) is 3.79. The molecule has 3 aromatic heterocycles. The van der Waals surface area contributed by atoms with E-state index in [1.807, 2.05) is 109 Å². The van der Waals surface area contributed by atoms with E-state index >= 15 is 0 Å². The summed E-state index contributed by atoms with van der Waals surface area (Å²) in [5.41, 5.74) is 1.92. The van der Waals surface area contributed by atoms with Gasteiger partial charge in [0.25, 0.3) is 0 Å². The van der Waals surface area contributed by atoms with E-state index in [0.29, 0.717) is 22.2 Å². The van der Waals surface area contributed by atoms with E-state index in [9.17, 15) is 6.85 Å². The lowest BCUT2D eigenvalue weighted by molar-refractivity contribution is 1.07. The van der Waals surface area contributed by atoms with E-state index in [4.69, 9.17) is 19.1 Å². The average molecular weight is 665 g/mol. The van der Waals surface area contributed by atoms with Crippen LogP contribution >= 0.6 is 11.3 Å². The topological polar surface area (TPSA) is 43.6 Å². The van der Waals surface area contributed by atoms with Gasteiger partial charge < -0.3 is 4.57 Å². The highest BCUT2D eigenvalue weighted by Gasteiger charge is 2.15. The second kappa shape index (κ2) is 11.6. The quantitative estimate of drug-likeness (QED) is 0.184. The number of benzene rings is 7. The highest BCUT2D eigenvalue weighted by molar-refractivity contribution is 7.25. The zero-order valence-corrected chi connectivity index (χ0v) is 27.1. The summed E-state index contributed by atoms with van der Waals surface area (Å²) in [7, 11) is 0. The van der Waals surface area contributed by atoms with E-state index in [1.54, 1.807) is 15.9 Å². The van der Waals surface area contributed by atoms with Crippen molar-refractivity contribution in [2.24, 2.45) is 0 Å². The summed E-state index contributed by atoms with van der Waals surface area (Å²) >= 11 is 1.65. The third-order valence-electron chi connectivity index (χ3n) is 8.82. The number of para-hydroxylation sites is 2. The van der Waals surface area contributed by atoms with Crippen LogP contribution in [0.3, 0.4) is 0 Å². The molecule has 0 fully saturated rings. The first-order chi connectivity index (χ1) is 28.1. The number of rotatable bonds is 5. The van der Waals surface area contributed by atoms with Gasteiger partial charge in [0.2, 0.25) is 0 Å². The van der Waals surface area contributed by atoms with E-state index in [1.165, 1.54) is 0 Å². The predicted octanol–water partition coefficient (Wildman–Crippen LogP) is 12.0. The lowest BCUT2D eigenvalue weighted by Gasteiger charge is -2.11. The van der Waals surface area contributed by atoms with Gasteiger partial charge in [0.15, 0.2) is 17.5 Å². The maximum absolute atomic E-state index is 9.52. The maximum atomic E-state index is 9.52. The molecular formula is C45H28N4S.